The zero-order chi connectivity index (χ0) is 15.4. The Morgan fingerprint density at radius 1 is 1.10 bits per heavy atom. The van der Waals surface area contributed by atoms with E-state index < -0.39 is 0 Å². The van der Waals surface area contributed by atoms with Gasteiger partial charge in [-0.15, -0.1) is 0 Å². The van der Waals surface area contributed by atoms with Crippen molar-refractivity contribution in [1.82, 2.24) is 4.98 Å². The molecule has 0 aliphatic heterocycles. The van der Waals surface area contributed by atoms with Crippen LogP contribution in [0.15, 0.2) is 42.6 Å². The molecule has 0 saturated carbocycles. The number of hydrogen-bond donors (Lipinski definition) is 3. The Kier molecular flexibility index (Phi) is 4.21. The average molecular weight is 298 g/mol. The molecule has 0 amide bonds. The van der Waals surface area contributed by atoms with Crippen molar-refractivity contribution in [2.24, 2.45) is 11.5 Å². The lowest BCUT2D eigenvalue weighted by atomic mass is 9.99. The first-order valence-electron chi connectivity index (χ1n) is 5.99. The molecule has 1 aromatic carbocycles. The number of nitriles is 1. The monoisotopic (exact) mass is 297 g/mol. The highest BCUT2D eigenvalue weighted by Crippen LogP contribution is 2.23. The van der Waals surface area contributed by atoms with Gasteiger partial charge in [0.15, 0.2) is 0 Å². The van der Waals surface area contributed by atoms with Crippen LogP contribution in [0.4, 0.5) is 0 Å². The molecule has 0 atom stereocenters. The third-order valence-electron chi connectivity index (χ3n) is 2.86. The second-order valence-electron chi connectivity index (χ2n) is 4.25. The van der Waals surface area contributed by atoms with Crippen molar-refractivity contribution in [2.75, 3.05) is 0 Å². The van der Waals surface area contributed by atoms with E-state index >= 15 is 0 Å². The molecule has 0 unspecified atom stereocenters. The van der Waals surface area contributed by atoms with E-state index in [2.05, 4.69) is 4.98 Å². The molecule has 0 spiro atoms. The number of hydrogen-bond acceptors (Lipinski definition) is 4. The lowest BCUT2D eigenvalue weighted by molar-refractivity contribution is 1.24. The van der Waals surface area contributed by atoms with Crippen molar-refractivity contribution in [2.45, 2.75) is 0 Å². The maximum absolute atomic E-state index is 8.75. The molecule has 1 aromatic heterocycles. The smallest absolute Gasteiger partial charge is 0.140 e. The minimum atomic E-state index is -0.154. The van der Waals surface area contributed by atoms with Crippen LogP contribution in [0.2, 0.25) is 5.02 Å². The minimum Gasteiger partial charge on any atom is -0.398 e. The van der Waals surface area contributed by atoms with Gasteiger partial charge in [0.25, 0.3) is 0 Å². The van der Waals surface area contributed by atoms with Crippen LogP contribution >= 0.6 is 11.6 Å². The molecule has 1 heterocycles. The third-order valence-corrected chi connectivity index (χ3v) is 3.11. The van der Waals surface area contributed by atoms with Gasteiger partial charge in [0.05, 0.1) is 5.70 Å². The van der Waals surface area contributed by atoms with Gasteiger partial charge in [-0.05, 0) is 29.8 Å². The van der Waals surface area contributed by atoms with E-state index in [0.717, 1.165) is 0 Å². The number of aromatic nitrogens is 1. The summed E-state index contributed by atoms with van der Waals surface area (Å²) in [4.78, 5) is 3.96. The molecule has 0 aliphatic rings. The molecule has 5 N–H and O–H groups in total. The highest BCUT2D eigenvalue weighted by Gasteiger charge is 2.12. The Balaban J connectivity index is 2.55. The molecule has 0 fully saturated rings. The summed E-state index contributed by atoms with van der Waals surface area (Å²) in [6.07, 6.45) is 1.48. The van der Waals surface area contributed by atoms with Crippen LogP contribution < -0.4 is 11.5 Å². The highest BCUT2D eigenvalue weighted by molar-refractivity contribution is 6.31. The summed E-state index contributed by atoms with van der Waals surface area (Å²) in [7, 11) is 0. The first-order chi connectivity index (χ1) is 10.0. The maximum atomic E-state index is 8.75. The molecule has 0 aliphatic carbocycles. The van der Waals surface area contributed by atoms with Gasteiger partial charge in [-0.3, -0.25) is 5.41 Å². The molecule has 0 saturated heterocycles. The highest BCUT2D eigenvalue weighted by atomic mass is 35.5. The second kappa shape index (κ2) is 6.07. The Morgan fingerprint density at radius 3 is 2.19 bits per heavy atom. The molecule has 6 heteroatoms. The fourth-order valence-electron chi connectivity index (χ4n) is 1.84. The number of pyridine rings is 1. The van der Waals surface area contributed by atoms with E-state index in [9.17, 15) is 0 Å². The van der Waals surface area contributed by atoms with Gasteiger partial charge in [-0.1, -0.05) is 23.7 Å². The largest absolute Gasteiger partial charge is 0.398 e. The van der Waals surface area contributed by atoms with Crippen LogP contribution in [0.25, 0.3) is 11.3 Å². The number of rotatable bonds is 3. The SMILES string of the molecule is N#Cc1ccc(/C(N)=C(/C(=N)N)c2ccc(Cl)cc2)cn1. The van der Waals surface area contributed by atoms with E-state index in [1.807, 2.05) is 6.07 Å². The van der Waals surface area contributed by atoms with Crippen molar-refractivity contribution in [3.8, 4) is 6.07 Å². The van der Waals surface area contributed by atoms with E-state index in [-0.39, 0.29) is 5.84 Å². The molecule has 0 radical (unpaired) electrons. The van der Waals surface area contributed by atoms with E-state index in [0.29, 0.717) is 33.1 Å². The summed E-state index contributed by atoms with van der Waals surface area (Å²) in [6, 6.07) is 12.0. The van der Waals surface area contributed by atoms with Crippen LogP contribution in [-0.2, 0) is 0 Å². The number of nitrogens with two attached hydrogens (primary N) is 2. The van der Waals surface area contributed by atoms with Gasteiger partial charge in [-0.25, -0.2) is 4.98 Å². The molecular weight excluding hydrogens is 286 g/mol. The molecule has 2 rings (SSSR count). The second-order valence-corrected chi connectivity index (χ2v) is 4.69. The number of halogens is 1. The number of nitrogens with zero attached hydrogens (tertiary/aromatic N) is 2. The van der Waals surface area contributed by atoms with Gasteiger partial charge in [0.1, 0.15) is 17.6 Å². The lowest BCUT2D eigenvalue weighted by Crippen LogP contribution is -2.16. The number of amidine groups is 1. The van der Waals surface area contributed by atoms with E-state index in [1.165, 1.54) is 6.20 Å². The molecule has 0 bridgehead atoms. The average Bonchev–Trinajstić information content (AvgIpc) is 2.49. The summed E-state index contributed by atoms with van der Waals surface area (Å²) in [6.45, 7) is 0. The minimum absolute atomic E-state index is 0.154. The zero-order valence-electron chi connectivity index (χ0n) is 11.0. The van der Waals surface area contributed by atoms with Crippen LogP contribution in [0, 0.1) is 16.7 Å². The van der Waals surface area contributed by atoms with Crippen LogP contribution in [-0.4, -0.2) is 10.8 Å². The summed E-state index contributed by atoms with van der Waals surface area (Å²) >= 11 is 5.85. The fraction of sp³-hybridized carbons (Fsp3) is 0. The Morgan fingerprint density at radius 2 is 1.71 bits per heavy atom. The Labute approximate surface area is 127 Å². The summed E-state index contributed by atoms with van der Waals surface area (Å²) in [5, 5.41) is 17.1. The van der Waals surface area contributed by atoms with Crippen molar-refractivity contribution >= 4 is 28.7 Å². The third kappa shape index (κ3) is 3.19. The zero-order valence-corrected chi connectivity index (χ0v) is 11.7. The molecule has 104 valence electrons. The fourth-order valence-corrected chi connectivity index (χ4v) is 1.96. The summed E-state index contributed by atoms with van der Waals surface area (Å²) in [5.74, 6) is -0.154. The van der Waals surface area contributed by atoms with Gasteiger partial charge < -0.3 is 11.5 Å². The van der Waals surface area contributed by atoms with Crippen molar-refractivity contribution < 1.29 is 0 Å². The van der Waals surface area contributed by atoms with E-state index in [1.54, 1.807) is 36.4 Å². The van der Waals surface area contributed by atoms with Gasteiger partial charge in [0.2, 0.25) is 0 Å². The number of benzene rings is 1. The normalized spacial score (nSPS) is 11.4. The summed E-state index contributed by atoms with van der Waals surface area (Å²) < 4.78 is 0. The topological polar surface area (TPSA) is 113 Å². The molecular formula is C15H12ClN5. The predicted octanol–water partition coefficient (Wildman–Crippen LogP) is 2.37. The molecule has 21 heavy (non-hydrogen) atoms. The molecule has 5 nitrogen and oxygen atoms in total. The maximum Gasteiger partial charge on any atom is 0.140 e. The Bertz CT molecular complexity index is 739. The van der Waals surface area contributed by atoms with Crippen LogP contribution in [0.3, 0.4) is 0 Å². The van der Waals surface area contributed by atoms with Crippen molar-refractivity contribution in [3.63, 3.8) is 0 Å². The first-order valence-corrected chi connectivity index (χ1v) is 6.37. The van der Waals surface area contributed by atoms with Gasteiger partial charge in [0, 0.05) is 22.4 Å². The summed E-state index contributed by atoms with van der Waals surface area (Å²) in [5.41, 5.74) is 14.0. The number of nitrogens with one attached hydrogen (secondary N) is 1. The van der Waals surface area contributed by atoms with Crippen molar-refractivity contribution in [3.05, 3.63) is 64.4 Å². The first kappa shape index (κ1) is 14.6. The van der Waals surface area contributed by atoms with Crippen LogP contribution in [0.5, 0.6) is 0 Å². The van der Waals surface area contributed by atoms with Gasteiger partial charge in [-0.2, -0.15) is 5.26 Å². The van der Waals surface area contributed by atoms with E-state index in [4.69, 9.17) is 33.7 Å². The molecule has 2 aromatic rings. The van der Waals surface area contributed by atoms with Crippen LogP contribution in [0.1, 0.15) is 16.8 Å². The standard InChI is InChI=1S/C15H12ClN5/c16-11-4-1-9(2-5-11)13(15(19)20)14(18)10-3-6-12(7-17)21-8-10/h1-6,8H,18H2,(H3,19,20)/b14-13-. The predicted molar refractivity (Wildman–Crippen MR) is 83.3 cm³/mol. The van der Waals surface area contributed by atoms with Gasteiger partial charge >= 0.3 is 0 Å². The van der Waals surface area contributed by atoms with Crippen molar-refractivity contribution in [1.29, 1.82) is 10.7 Å². The quantitative estimate of drug-likeness (QED) is 0.596. The Hall–Kier alpha value is -2.84. The lowest BCUT2D eigenvalue weighted by Gasteiger charge is -2.11.